The van der Waals surface area contributed by atoms with Crippen LogP contribution in [-0.2, 0) is 6.42 Å². The van der Waals surface area contributed by atoms with Crippen LogP contribution in [0.1, 0.15) is 18.9 Å². The van der Waals surface area contributed by atoms with E-state index in [0.717, 1.165) is 23.2 Å². The molecule has 0 amide bonds. The topological polar surface area (TPSA) is 24.4 Å². The highest BCUT2D eigenvalue weighted by Gasteiger charge is 2.12. The molecule has 92 valence electrons. The minimum absolute atomic E-state index is 0.561. The van der Waals surface area contributed by atoms with Crippen LogP contribution in [0.4, 0.5) is 0 Å². The van der Waals surface area contributed by atoms with Crippen LogP contribution in [0.25, 0.3) is 0 Å². The zero-order valence-electron chi connectivity index (χ0n) is 9.95. The van der Waals surface area contributed by atoms with Crippen molar-refractivity contribution in [2.24, 2.45) is 4.99 Å². The monoisotopic (exact) mass is 268 g/mol. The third-order valence-corrected chi connectivity index (χ3v) is 3.94. The van der Waals surface area contributed by atoms with Crippen molar-refractivity contribution < 1.29 is 0 Å². The number of hydrogen-bond donors (Lipinski definition) is 1. The molecule has 1 atom stereocenters. The van der Waals surface area contributed by atoms with Crippen LogP contribution in [-0.4, -0.2) is 23.5 Å². The molecule has 0 spiro atoms. The predicted octanol–water partition coefficient (Wildman–Crippen LogP) is 3.35. The van der Waals surface area contributed by atoms with Gasteiger partial charge in [-0.25, -0.2) is 0 Å². The Labute approximate surface area is 112 Å². The van der Waals surface area contributed by atoms with Gasteiger partial charge in [-0.3, -0.25) is 4.99 Å². The second-order valence-corrected chi connectivity index (χ2v) is 5.77. The fourth-order valence-electron chi connectivity index (χ4n) is 1.69. The zero-order valence-corrected chi connectivity index (χ0v) is 11.5. The summed E-state index contributed by atoms with van der Waals surface area (Å²) in [6.45, 7) is 3.04. The Morgan fingerprint density at radius 2 is 2.18 bits per heavy atom. The van der Waals surface area contributed by atoms with E-state index in [2.05, 4.69) is 29.4 Å². The van der Waals surface area contributed by atoms with E-state index in [0.29, 0.717) is 6.04 Å². The minimum Gasteiger partial charge on any atom is -0.362 e. The summed E-state index contributed by atoms with van der Waals surface area (Å²) < 4.78 is 0. The summed E-state index contributed by atoms with van der Waals surface area (Å²) in [6.07, 6.45) is 2.19. The van der Waals surface area contributed by atoms with Gasteiger partial charge in [0.25, 0.3) is 0 Å². The first-order chi connectivity index (χ1) is 8.24. The molecule has 1 aliphatic rings. The second kappa shape index (κ2) is 6.31. The van der Waals surface area contributed by atoms with E-state index in [1.807, 2.05) is 23.9 Å². The van der Waals surface area contributed by atoms with Crippen LogP contribution in [0.15, 0.2) is 29.3 Å². The number of aliphatic imine (C=N–C) groups is 1. The number of halogens is 1. The van der Waals surface area contributed by atoms with Crippen LogP contribution < -0.4 is 5.32 Å². The Hall–Kier alpha value is -0.670. The van der Waals surface area contributed by atoms with Gasteiger partial charge >= 0.3 is 0 Å². The molecule has 4 heteroatoms. The van der Waals surface area contributed by atoms with Gasteiger partial charge < -0.3 is 5.32 Å². The van der Waals surface area contributed by atoms with E-state index in [-0.39, 0.29) is 0 Å². The number of amidine groups is 1. The molecule has 2 nitrogen and oxygen atoms in total. The molecule has 1 aromatic carbocycles. The highest BCUT2D eigenvalue weighted by Crippen LogP contribution is 2.14. The van der Waals surface area contributed by atoms with Gasteiger partial charge in [-0.15, -0.1) is 0 Å². The molecular weight excluding hydrogens is 252 g/mol. The summed E-state index contributed by atoms with van der Waals surface area (Å²) >= 11 is 7.66. The smallest absolute Gasteiger partial charge is 0.156 e. The molecule has 0 aromatic heterocycles. The third kappa shape index (κ3) is 4.25. The molecule has 1 aromatic rings. The standard InChI is InChI=1S/C13H17ClN2S/c1-10-7-9-17-13(16-10)15-8-6-11-2-4-12(14)5-3-11/h2-5,10H,6-9H2,1H3,(H,15,16). The summed E-state index contributed by atoms with van der Waals surface area (Å²) in [5.41, 5.74) is 1.28. The Morgan fingerprint density at radius 3 is 2.88 bits per heavy atom. The van der Waals surface area contributed by atoms with Crippen molar-refractivity contribution in [1.29, 1.82) is 0 Å². The second-order valence-electron chi connectivity index (χ2n) is 4.25. The molecule has 0 bridgehead atoms. The van der Waals surface area contributed by atoms with E-state index in [1.165, 1.54) is 17.7 Å². The summed E-state index contributed by atoms with van der Waals surface area (Å²) in [5.74, 6) is 1.17. The lowest BCUT2D eigenvalue weighted by atomic mass is 10.1. The highest BCUT2D eigenvalue weighted by molar-refractivity contribution is 8.13. The number of hydrogen-bond acceptors (Lipinski definition) is 2. The van der Waals surface area contributed by atoms with Crippen molar-refractivity contribution in [3.63, 3.8) is 0 Å². The van der Waals surface area contributed by atoms with E-state index < -0.39 is 0 Å². The van der Waals surface area contributed by atoms with Gasteiger partial charge in [0, 0.05) is 23.4 Å². The number of thioether (sulfide) groups is 1. The molecule has 1 unspecified atom stereocenters. The molecule has 1 aliphatic heterocycles. The maximum Gasteiger partial charge on any atom is 0.156 e. The van der Waals surface area contributed by atoms with Crippen molar-refractivity contribution >= 4 is 28.5 Å². The van der Waals surface area contributed by atoms with Crippen LogP contribution in [0, 0.1) is 0 Å². The maximum atomic E-state index is 5.84. The number of rotatable bonds is 3. The summed E-state index contributed by atoms with van der Waals surface area (Å²) in [5, 5.41) is 5.29. The summed E-state index contributed by atoms with van der Waals surface area (Å²) in [6, 6.07) is 8.55. The predicted molar refractivity (Wildman–Crippen MR) is 77.1 cm³/mol. The summed E-state index contributed by atoms with van der Waals surface area (Å²) in [4.78, 5) is 4.59. The highest BCUT2D eigenvalue weighted by atomic mass is 35.5. The van der Waals surface area contributed by atoms with Crippen LogP contribution >= 0.6 is 23.4 Å². The van der Waals surface area contributed by atoms with E-state index in [9.17, 15) is 0 Å². The van der Waals surface area contributed by atoms with Gasteiger partial charge in [0.15, 0.2) is 5.17 Å². The van der Waals surface area contributed by atoms with Gasteiger partial charge in [0.2, 0.25) is 0 Å². The van der Waals surface area contributed by atoms with Crippen molar-refractivity contribution in [3.05, 3.63) is 34.9 Å². The van der Waals surface area contributed by atoms with E-state index >= 15 is 0 Å². The Morgan fingerprint density at radius 1 is 1.41 bits per heavy atom. The Balaban J connectivity index is 1.82. The van der Waals surface area contributed by atoms with Crippen molar-refractivity contribution in [3.8, 4) is 0 Å². The Bertz CT molecular complexity index is 389. The molecule has 0 radical (unpaired) electrons. The number of benzene rings is 1. The fourth-order valence-corrected chi connectivity index (χ4v) is 2.94. The largest absolute Gasteiger partial charge is 0.362 e. The van der Waals surface area contributed by atoms with E-state index in [1.54, 1.807) is 0 Å². The Kier molecular flexibility index (Phi) is 4.75. The quantitative estimate of drug-likeness (QED) is 0.909. The van der Waals surface area contributed by atoms with Crippen molar-refractivity contribution in [2.45, 2.75) is 25.8 Å². The number of nitrogens with zero attached hydrogens (tertiary/aromatic N) is 1. The first-order valence-electron chi connectivity index (χ1n) is 5.92. The van der Waals surface area contributed by atoms with Crippen LogP contribution in [0.3, 0.4) is 0 Å². The molecule has 1 saturated heterocycles. The lowest BCUT2D eigenvalue weighted by Gasteiger charge is -2.21. The van der Waals surface area contributed by atoms with Gasteiger partial charge in [0.1, 0.15) is 0 Å². The van der Waals surface area contributed by atoms with Crippen LogP contribution in [0.5, 0.6) is 0 Å². The molecule has 17 heavy (non-hydrogen) atoms. The van der Waals surface area contributed by atoms with Gasteiger partial charge in [-0.1, -0.05) is 35.5 Å². The van der Waals surface area contributed by atoms with Crippen LogP contribution in [0.2, 0.25) is 5.02 Å². The van der Waals surface area contributed by atoms with Gasteiger partial charge in [-0.2, -0.15) is 0 Å². The molecule has 0 aliphatic carbocycles. The third-order valence-electron chi connectivity index (χ3n) is 2.73. The average Bonchev–Trinajstić information content (AvgIpc) is 2.32. The lowest BCUT2D eigenvalue weighted by molar-refractivity contribution is 0.642. The first kappa shape index (κ1) is 12.8. The molecule has 1 N–H and O–H groups in total. The van der Waals surface area contributed by atoms with Crippen molar-refractivity contribution in [2.75, 3.05) is 12.3 Å². The fraction of sp³-hybridized carbons (Fsp3) is 0.462. The zero-order chi connectivity index (χ0) is 12.1. The maximum absolute atomic E-state index is 5.84. The van der Waals surface area contributed by atoms with E-state index in [4.69, 9.17) is 11.6 Å². The molecular formula is C13H17ClN2S. The first-order valence-corrected chi connectivity index (χ1v) is 7.28. The minimum atomic E-state index is 0.561. The number of nitrogens with one attached hydrogen (secondary N) is 1. The molecule has 1 fully saturated rings. The lowest BCUT2D eigenvalue weighted by Crippen LogP contribution is -2.35. The van der Waals surface area contributed by atoms with Gasteiger partial charge in [0.05, 0.1) is 0 Å². The molecule has 1 heterocycles. The van der Waals surface area contributed by atoms with Crippen molar-refractivity contribution in [1.82, 2.24) is 5.32 Å². The van der Waals surface area contributed by atoms with Gasteiger partial charge in [-0.05, 0) is 37.5 Å². The molecule has 0 saturated carbocycles. The SMILES string of the molecule is CC1CCSC(=NCCc2ccc(Cl)cc2)N1. The average molecular weight is 269 g/mol. The molecule has 2 rings (SSSR count). The summed E-state index contributed by atoms with van der Waals surface area (Å²) in [7, 11) is 0. The normalized spacial score (nSPS) is 22.5.